The van der Waals surface area contributed by atoms with E-state index in [1.807, 2.05) is 0 Å². The fourth-order valence-corrected chi connectivity index (χ4v) is 1.56. The van der Waals surface area contributed by atoms with Crippen molar-refractivity contribution in [2.45, 2.75) is 33.7 Å². The van der Waals surface area contributed by atoms with E-state index in [0.717, 1.165) is 6.92 Å². The highest BCUT2D eigenvalue weighted by atomic mass is 16.6. The molecule has 0 aromatic heterocycles. The van der Waals surface area contributed by atoms with Crippen molar-refractivity contribution in [3.8, 4) is 0 Å². The van der Waals surface area contributed by atoms with Crippen LogP contribution in [0.5, 0.6) is 0 Å². The van der Waals surface area contributed by atoms with Crippen molar-refractivity contribution >= 4 is 23.8 Å². The zero-order chi connectivity index (χ0) is 16.4. The molecular formula is C13H21NO7. The average molecular weight is 303 g/mol. The molecule has 0 saturated carbocycles. The fourth-order valence-electron chi connectivity index (χ4n) is 1.56. The van der Waals surface area contributed by atoms with Gasteiger partial charge in [-0.05, 0) is 20.8 Å². The highest BCUT2D eigenvalue weighted by Crippen LogP contribution is 2.12. The Bertz CT molecular complexity index is 376. The maximum atomic E-state index is 11.9. The number of carbonyl (C=O) groups excluding carboxylic acids is 4. The standard InChI is InChI=1S/C13H21NO7/c1-5-19-11(16)9(12(17)20-6-2)10(14-8(4)15)13(18)21-7-3/h9-10H,5-7H2,1-4H3,(H,14,15). The Kier molecular flexibility index (Phi) is 8.75. The van der Waals surface area contributed by atoms with Gasteiger partial charge >= 0.3 is 17.9 Å². The normalized spacial score (nSPS) is 11.5. The summed E-state index contributed by atoms with van der Waals surface area (Å²) in [5, 5.41) is 2.23. The molecule has 0 aromatic carbocycles. The molecular weight excluding hydrogens is 282 g/mol. The fraction of sp³-hybridized carbons (Fsp3) is 0.692. The number of nitrogens with one attached hydrogen (secondary N) is 1. The summed E-state index contributed by atoms with van der Waals surface area (Å²) in [6.45, 7) is 5.89. The molecule has 1 N–H and O–H groups in total. The third-order valence-electron chi connectivity index (χ3n) is 2.31. The molecule has 0 radical (unpaired) electrons. The van der Waals surface area contributed by atoms with Gasteiger partial charge in [-0.2, -0.15) is 0 Å². The molecule has 0 fully saturated rings. The highest BCUT2D eigenvalue weighted by Gasteiger charge is 2.43. The van der Waals surface area contributed by atoms with E-state index in [2.05, 4.69) is 5.32 Å². The topological polar surface area (TPSA) is 108 Å². The second kappa shape index (κ2) is 9.73. The zero-order valence-electron chi connectivity index (χ0n) is 12.6. The molecule has 1 unspecified atom stereocenters. The van der Waals surface area contributed by atoms with Gasteiger partial charge in [0.25, 0.3) is 0 Å². The van der Waals surface area contributed by atoms with E-state index in [-0.39, 0.29) is 19.8 Å². The first-order valence-electron chi connectivity index (χ1n) is 6.65. The van der Waals surface area contributed by atoms with Crippen molar-refractivity contribution in [2.24, 2.45) is 5.92 Å². The highest BCUT2D eigenvalue weighted by molar-refractivity contribution is 6.01. The van der Waals surface area contributed by atoms with E-state index < -0.39 is 35.8 Å². The quantitative estimate of drug-likeness (QED) is 0.375. The smallest absolute Gasteiger partial charge is 0.330 e. The molecule has 0 bridgehead atoms. The van der Waals surface area contributed by atoms with Gasteiger partial charge in [0.1, 0.15) is 0 Å². The molecule has 120 valence electrons. The van der Waals surface area contributed by atoms with E-state index in [1.165, 1.54) is 0 Å². The molecule has 1 amide bonds. The molecule has 0 rings (SSSR count). The second-order valence-electron chi connectivity index (χ2n) is 3.91. The maximum Gasteiger partial charge on any atom is 0.330 e. The van der Waals surface area contributed by atoms with Crippen LogP contribution in [0.2, 0.25) is 0 Å². The Balaban J connectivity index is 5.42. The molecule has 1 atom stereocenters. The number of amides is 1. The minimum atomic E-state index is -1.60. The number of esters is 3. The Hall–Kier alpha value is -2.12. The Labute approximate surface area is 123 Å². The number of hydrogen-bond donors (Lipinski definition) is 1. The van der Waals surface area contributed by atoms with Crippen LogP contribution in [0.4, 0.5) is 0 Å². The van der Waals surface area contributed by atoms with Crippen molar-refractivity contribution in [2.75, 3.05) is 19.8 Å². The average Bonchev–Trinajstić information content (AvgIpc) is 2.38. The van der Waals surface area contributed by atoms with Crippen LogP contribution in [0, 0.1) is 5.92 Å². The third-order valence-corrected chi connectivity index (χ3v) is 2.31. The van der Waals surface area contributed by atoms with E-state index in [4.69, 9.17) is 14.2 Å². The lowest BCUT2D eigenvalue weighted by molar-refractivity contribution is -0.169. The molecule has 0 saturated heterocycles. The summed E-state index contributed by atoms with van der Waals surface area (Å²) in [4.78, 5) is 46.9. The van der Waals surface area contributed by atoms with Crippen molar-refractivity contribution in [1.29, 1.82) is 0 Å². The van der Waals surface area contributed by atoms with E-state index in [9.17, 15) is 19.2 Å². The van der Waals surface area contributed by atoms with Crippen LogP contribution >= 0.6 is 0 Å². The number of hydrogen-bond acceptors (Lipinski definition) is 7. The van der Waals surface area contributed by atoms with Crippen molar-refractivity contribution in [1.82, 2.24) is 5.32 Å². The van der Waals surface area contributed by atoms with Gasteiger partial charge < -0.3 is 19.5 Å². The number of carbonyl (C=O) groups is 4. The molecule has 0 spiro atoms. The van der Waals surface area contributed by atoms with Gasteiger partial charge in [-0.3, -0.25) is 14.4 Å². The molecule has 0 aromatic rings. The first-order valence-corrected chi connectivity index (χ1v) is 6.65. The molecule has 8 nitrogen and oxygen atoms in total. The predicted octanol–water partition coefficient (Wildman–Crippen LogP) is -0.203. The SMILES string of the molecule is CCOC(=O)C(NC(C)=O)C(C(=O)OCC)C(=O)OCC. The van der Waals surface area contributed by atoms with Gasteiger partial charge in [0.2, 0.25) is 5.91 Å². The molecule has 0 heterocycles. The third kappa shape index (κ3) is 6.24. The van der Waals surface area contributed by atoms with Crippen LogP contribution in [0.25, 0.3) is 0 Å². The van der Waals surface area contributed by atoms with Crippen LogP contribution in [0.3, 0.4) is 0 Å². The summed E-state index contributed by atoms with van der Waals surface area (Å²) < 4.78 is 14.3. The van der Waals surface area contributed by atoms with Crippen molar-refractivity contribution < 1.29 is 33.4 Å². The van der Waals surface area contributed by atoms with Gasteiger partial charge in [0, 0.05) is 6.92 Å². The van der Waals surface area contributed by atoms with Crippen molar-refractivity contribution in [3.05, 3.63) is 0 Å². The second-order valence-corrected chi connectivity index (χ2v) is 3.91. The maximum absolute atomic E-state index is 11.9. The lowest BCUT2D eigenvalue weighted by Crippen LogP contribution is -2.52. The first-order chi connectivity index (χ1) is 9.88. The molecule has 0 aliphatic carbocycles. The Morgan fingerprint density at radius 3 is 1.52 bits per heavy atom. The molecule has 0 aliphatic rings. The summed E-state index contributed by atoms with van der Waals surface area (Å²) in [5.74, 6) is -5.01. The first kappa shape index (κ1) is 18.9. The van der Waals surface area contributed by atoms with Crippen LogP contribution in [-0.4, -0.2) is 49.7 Å². The number of rotatable bonds is 8. The van der Waals surface area contributed by atoms with Crippen LogP contribution in [0.1, 0.15) is 27.7 Å². The van der Waals surface area contributed by atoms with Crippen LogP contribution < -0.4 is 5.32 Å². The van der Waals surface area contributed by atoms with E-state index >= 15 is 0 Å². The van der Waals surface area contributed by atoms with Gasteiger partial charge in [-0.25, -0.2) is 4.79 Å². The minimum Gasteiger partial charge on any atom is -0.465 e. The lowest BCUT2D eigenvalue weighted by Gasteiger charge is -2.23. The van der Waals surface area contributed by atoms with E-state index in [1.54, 1.807) is 20.8 Å². The van der Waals surface area contributed by atoms with Crippen molar-refractivity contribution in [3.63, 3.8) is 0 Å². The summed E-state index contributed by atoms with van der Waals surface area (Å²) in [6.07, 6.45) is 0. The van der Waals surface area contributed by atoms with Gasteiger partial charge in [0.05, 0.1) is 19.8 Å². The van der Waals surface area contributed by atoms with E-state index in [0.29, 0.717) is 0 Å². The van der Waals surface area contributed by atoms with Crippen LogP contribution in [-0.2, 0) is 33.4 Å². The summed E-state index contributed by atoms with van der Waals surface area (Å²) in [7, 11) is 0. The Morgan fingerprint density at radius 1 is 0.810 bits per heavy atom. The summed E-state index contributed by atoms with van der Waals surface area (Å²) in [5.41, 5.74) is 0. The van der Waals surface area contributed by atoms with Crippen LogP contribution in [0.15, 0.2) is 0 Å². The summed E-state index contributed by atoms with van der Waals surface area (Å²) >= 11 is 0. The molecule has 21 heavy (non-hydrogen) atoms. The largest absolute Gasteiger partial charge is 0.465 e. The van der Waals surface area contributed by atoms with Gasteiger partial charge in [-0.15, -0.1) is 0 Å². The predicted molar refractivity (Wildman–Crippen MR) is 71.0 cm³/mol. The number of ether oxygens (including phenoxy) is 3. The molecule has 8 heteroatoms. The zero-order valence-corrected chi connectivity index (χ0v) is 12.6. The molecule has 0 aliphatic heterocycles. The minimum absolute atomic E-state index is 0.0182. The Morgan fingerprint density at radius 2 is 1.19 bits per heavy atom. The van der Waals surface area contributed by atoms with Gasteiger partial charge in [0.15, 0.2) is 12.0 Å². The monoisotopic (exact) mass is 303 g/mol. The summed E-state index contributed by atoms with van der Waals surface area (Å²) in [6, 6.07) is -1.49. The van der Waals surface area contributed by atoms with Gasteiger partial charge in [-0.1, -0.05) is 0 Å². The lowest BCUT2D eigenvalue weighted by atomic mass is 9.99.